The van der Waals surface area contributed by atoms with Gasteiger partial charge in [-0.05, 0) is 42.0 Å². The Morgan fingerprint density at radius 3 is 2.39 bits per heavy atom. The van der Waals surface area contributed by atoms with E-state index in [2.05, 4.69) is 10.3 Å². The third kappa shape index (κ3) is 5.52. The van der Waals surface area contributed by atoms with E-state index in [-0.39, 0.29) is 23.2 Å². The first-order valence-electron chi connectivity index (χ1n) is 11.0. The number of rotatable bonds is 7. The van der Waals surface area contributed by atoms with Gasteiger partial charge in [0.1, 0.15) is 5.75 Å². The highest BCUT2D eigenvalue weighted by Crippen LogP contribution is 2.37. The molecule has 0 radical (unpaired) electrons. The van der Waals surface area contributed by atoms with Gasteiger partial charge in [0.15, 0.2) is 28.2 Å². The number of hydrogen-bond donors (Lipinski definition) is 1. The van der Waals surface area contributed by atoms with E-state index in [0.29, 0.717) is 33.8 Å². The Labute approximate surface area is 213 Å². The molecule has 36 heavy (non-hydrogen) atoms. The van der Waals surface area contributed by atoms with Gasteiger partial charge in [-0.3, -0.25) is 9.78 Å². The number of halogens is 1. The number of fused-ring (bicyclic) bond motifs is 1. The molecule has 0 bridgehead atoms. The van der Waals surface area contributed by atoms with Gasteiger partial charge < -0.3 is 24.4 Å². The lowest BCUT2D eigenvalue weighted by molar-refractivity contribution is -0.119. The minimum atomic E-state index is -0.594. The molecule has 0 spiro atoms. The monoisotopic (exact) mass is 505 g/mol. The maximum Gasteiger partial charge on any atom is 0.230 e. The number of carbonyl (C=O) groups excluding carboxylic acids is 1. The second-order valence-electron chi connectivity index (χ2n) is 7.82. The molecule has 4 rings (SSSR count). The van der Waals surface area contributed by atoms with E-state index >= 15 is 4.39 Å². The Morgan fingerprint density at radius 2 is 1.69 bits per heavy atom. The van der Waals surface area contributed by atoms with Crippen LogP contribution in [0, 0.1) is 5.82 Å². The second kappa shape index (κ2) is 11.0. The second-order valence-corrected chi connectivity index (χ2v) is 8.21. The van der Waals surface area contributed by atoms with Crippen LogP contribution in [0.5, 0.6) is 23.0 Å². The van der Waals surface area contributed by atoms with Crippen LogP contribution in [0.2, 0.25) is 0 Å². The van der Waals surface area contributed by atoms with Crippen molar-refractivity contribution in [3.8, 4) is 23.0 Å². The third-order valence-corrected chi connectivity index (χ3v) is 5.86. The van der Waals surface area contributed by atoms with Gasteiger partial charge in [0, 0.05) is 36.5 Å². The summed E-state index contributed by atoms with van der Waals surface area (Å²) in [6.07, 6.45) is 1.76. The molecule has 4 aromatic rings. The topological polar surface area (TPSA) is 72.9 Å². The summed E-state index contributed by atoms with van der Waals surface area (Å²) in [5, 5.41) is 3.47. The molecular formula is C27H24FN3O4S. The largest absolute Gasteiger partial charge is 0.493 e. The molecule has 3 aromatic carbocycles. The Balaban J connectivity index is 1.49. The Kier molecular flexibility index (Phi) is 7.60. The van der Waals surface area contributed by atoms with Crippen LogP contribution in [-0.4, -0.2) is 37.3 Å². The van der Waals surface area contributed by atoms with E-state index in [9.17, 15) is 4.79 Å². The lowest BCUT2D eigenvalue weighted by Crippen LogP contribution is -2.41. The SMILES string of the molecule is COc1cc2nccc(Oc3ccc(N(C)C(=S)NC(=O)Cc4ccccc4)cc3F)c2cc1OC. The van der Waals surface area contributed by atoms with Crippen LogP contribution in [0.1, 0.15) is 5.56 Å². The smallest absolute Gasteiger partial charge is 0.230 e. The summed E-state index contributed by atoms with van der Waals surface area (Å²) in [7, 11) is 4.72. The molecular weight excluding hydrogens is 481 g/mol. The van der Waals surface area contributed by atoms with E-state index < -0.39 is 5.82 Å². The van der Waals surface area contributed by atoms with E-state index in [1.54, 1.807) is 44.6 Å². The normalized spacial score (nSPS) is 10.6. The first-order valence-corrected chi connectivity index (χ1v) is 11.4. The first kappa shape index (κ1) is 24.9. The molecule has 1 amide bonds. The van der Waals surface area contributed by atoms with Gasteiger partial charge in [0.2, 0.25) is 5.91 Å². The van der Waals surface area contributed by atoms with Crippen LogP contribution < -0.4 is 24.4 Å². The number of benzene rings is 3. The molecule has 0 aliphatic heterocycles. The zero-order valence-corrected chi connectivity index (χ0v) is 20.8. The van der Waals surface area contributed by atoms with Gasteiger partial charge in [-0.2, -0.15) is 0 Å². The fourth-order valence-electron chi connectivity index (χ4n) is 3.58. The maximum absolute atomic E-state index is 15.0. The van der Waals surface area contributed by atoms with Crippen molar-refractivity contribution in [3.05, 3.63) is 84.3 Å². The highest BCUT2D eigenvalue weighted by Gasteiger charge is 2.16. The molecule has 0 saturated carbocycles. The van der Waals surface area contributed by atoms with Gasteiger partial charge in [-0.25, -0.2) is 4.39 Å². The molecule has 0 saturated heterocycles. The molecule has 0 aliphatic rings. The summed E-state index contributed by atoms with van der Waals surface area (Å²) in [5.74, 6) is 0.611. The molecule has 0 atom stereocenters. The van der Waals surface area contributed by atoms with Gasteiger partial charge in [-0.15, -0.1) is 0 Å². The van der Waals surface area contributed by atoms with Crippen LogP contribution in [0.25, 0.3) is 10.9 Å². The number of hydrogen-bond acceptors (Lipinski definition) is 6. The van der Waals surface area contributed by atoms with Crippen LogP contribution in [0.3, 0.4) is 0 Å². The van der Waals surface area contributed by atoms with Crippen LogP contribution in [0.15, 0.2) is 72.9 Å². The number of nitrogens with one attached hydrogen (secondary N) is 1. The quantitative estimate of drug-likeness (QED) is 0.343. The summed E-state index contributed by atoms with van der Waals surface area (Å²) in [5.41, 5.74) is 1.93. The number of aromatic nitrogens is 1. The molecule has 0 aliphatic carbocycles. The number of amides is 1. The number of carbonyl (C=O) groups is 1. The predicted octanol–water partition coefficient (Wildman–Crippen LogP) is 5.26. The van der Waals surface area contributed by atoms with Crippen molar-refractivity contribution < 1.29 is 23.4 Å². The van der Waals surface area contributed by atoms with Crippen molar-refractivity contribution in [2.45, 2.75) is 6.42 Å². The van der Waals surface area contributed by atoms with E-state index in [1.165, 1.54) is 24.1 Å². The fraction of sp³-hybridized carbons (Fsp3) is 0.148. The van der Waals surface area contributed by atoms with Gasteiger partial charge in [0.25, 0.3) is 0 Å². The lowest BCUT2D eigenvalue weighted by Gasteiger charge is -2.21. The molecule has 0 unspecified atom stereocenters. The molecule has 0 fully saturated rings. The standard InChI is InChI=1S/C27H24FN3O4S/c1-31(27(36)30-26(32)13-17-7-5-4-6-8-17)18-9-10-23(20(28)14-18)35-22-11-12-29-21-16-25(34-3)24(33-2)15-19(21)22/h4-12,14-16H,13H2,1-3H3,(H,30,32,36). The van der Waals surface area contributed by atoms with E-state index in [0.717, 1.165) is 5.56 Å². The number of anilines is 1. The minimum absolute atomic E-state index is 0.0217. The fourth-order valence-corrected chi connectivity index (χ4v) is 3.80. The zero-order chi connectivity index (χ0) is 25.7. The highest BCUT2D eigenvalue weighted by atomic mass is 32.1. The van der Waals surface area contributed by atoms with Crippen LogP contribution >= 0.6 is 12.2 Å². The van der Waals surface area contributed by atoms with Crippen molar-refractivity contribution in [3.63, 3.8) is 0 Å². The zero-order valence-electron chi connectivity index (χ0n) is 19.9. The molecule has 9 heteroatoms. The van der Waals surface area contributed by atoms with Crippen LogP contribution in [0.4, 0.5) is 10.1 Å². The molecule has 7 nitrogen and oxygen atoms in total. The maximum atomic E-state index is 15.0. The van der Waals surface area contributed by atoms with Crippen molar-refractivity contribution in [1.82, 2.24) is 10.3 Å². The Bertz CT molecular complexity index is 1420. The molecule has 1 N–H and O–H groups in total. The van der Waals surface area contributed by atoms with Crippen molar-refractivity contribution in [2.75, 3.05) is 26.2 Å². The first-order chi connectivity index (χ1) is 17.4. The molecule has 184 valence electrons. The Hall–Kier alpha value is -4.24. The number of methoxy groups -OCH3 is 2. The number of ether oxygens (including phenoxy) is 3. The molecule has 1 heterocycles. The van der Waals surface area contributed by atoms with E-state index in [1.807, 2.05) is 30.3 Å². The summed E-state index contributed by atoms with van der Waals surface area (Å²) in [6, 6.07) is 18.9. The number of thiocarbonyl (C=S) groups is 1. The van der Waals surface area contributed by atoms with Crippen molar-refractivity contribution in [1.29, 1.82) is 0 Å². The lowest BCUT2D eigenvalue weighted by atomic mass is 10.1. The minimum Gasteiger partial charge on any atom is -0.493 e. The average Bonchev–Trinajstić information content (AvgIpc) is 2.89. The van der Waals surface area contributed by atoms with Gasteiger partial charge >= 0.3 is 0 Å². The number of nitrogens with zero attached hydrogens (tertiary/aromatic N) is 2. The summed E-state index contributed by atoms with van der Waals surface area (Å²) in [4.78, 5) is 18.2. The van der Waals surface area contributed by atoms with Crippen LogP contribution in [-0.2, 0) is 11.2 Å². The Morgan fingerprint density at radius 1 is 0.972 bits per heavy atom. The molecule has 1 aromatic heterocycles. The van der Waals surface area contributed by atoms with Gasteiger partial charge in [-0.1, -0.05) is 30.3 Å². The summed E-state index contributed by atoms with van der Waals surface area (Å²) in [6.45, 7) is 0. The predicted molar refractivity (Wildman–Crippen MR) is 141 cm³/mol. The van der Waals surface area contributed by atoms with Crippen molar-refractivity contribution >= 4 is 39.8 Å². The summed E-state index contributed by atoms with van der Waals surface area (Å²) < 4.78 is 31.6. The van der Waals surface area contributed by atoms with Gasteiger partial charge in [0.05, 0.1) is 26.2 Å². The number of pyridine rings is 1. The summed E-state index contributed by atoms with van der Waals surface area (Å²) >= 11 is 5.34. The highest BCUT2D eigenvalue weighted by molar-refractivity contribution is 7.80. The average molecular weight is 506 g/mol. The third-order valence-electron chi connectivity index (χ3n) is 5.49. The van der Waals surface area contributed by atoms with E-state index in [4.69, 9.17) is 26.4 Å². The van der Waals surface area contributed by atoms with Crippen molar-refractivity contribution in [2.24, 2.45) is 0 Å².